The van der Waals surface area contributed by atoms with Gasteiger partial charge < -0.3 is 24.6 Å². The molecule has 0 saturated carbocycles. The summed E-state index contributed by atoms with van der Waals surface area (Å²) in [5.41, 5.74) is 0.167. The van der Waals surface area contributed by atoms with Gasteiger partial charge in [-0.1, -0.05) is 0 Å². The minimum atomic E-state index is -1.14. The number of aromatic carboxylic acids is 1. The highest BCUT2D eigenvalue weighted by Gasteiger charge is 2.13. The molecule has 0 aliphatic carbocycles. The van der Waals surface area contributed by atoms with Gasteiger partial charge in [0.15, 0.2) is 11.5 Å². The lowest BCUT2D eigenvalue weighted by Crippen LogP contribution is -2.28. The van der Waals surface area contributed by atoms with Crippen LogP contribution in [0.1, 0.15) is 20.8 Å². The number of ether oxygens (including phenoxy) is 3. The number of carbonyl (C=O) groups excluding carboxylic acids is 1. The van der Waals surface area contributed by atoms with Crippen molar-refractivity contribution in [1.82, 2.24) is 10.3 Å². The minimum Gasteiger partial charge on any atom is -0.492 e. The van der Waals surface area contributed by atoms with E-state index in [9.17, 15) is 9.59 Å². The Kier molecular flexibility index (Phi) is 4.46. The minimum absolute atomic E-state index is 0.113. The molecule has 1 aromatic heterocycles. The van der Waals surface area contributed by atoms with Crippen LogP contribution in [0, 0.1) is 0 Å². The zero-order valence-electron chi connectivity index (χ0n) is 12.5. The first-order valence-electron chi connectivity index (χ1n) is 7.13. The molecule has 24 heavy (non-hydrogen) atoms. The van der Waals surface area contributed by atoms with Crippen LogP contribution >= 0.6 is 0 Å². The van der Waals surface area contributed by atoms with Crippen molar-refractivity contribution in [2.75, 3.05) is 19.9 Å². The first kappa shape index (κ1) is 15.6. The number of aromatic nitrogens is 1. The van der Waals surface area contributed by atoms with Crippen LogP contribution in [0.3, 0.4) is 0 Å². The SMILES string of the molecule is O=C(NCCOc1ccc2c(c1)OCO2)c1ccc(C(=O)O)nc1. The molecule has 0 bridgehead atoms. The van der Waals surface area contributed by atoms with E-state index in [1.807, 2.05) is 0 Å². The van der Waals surface area contributed by atoms with E-state index in [0.29, 0.717) is 17.2 Å². The Balaban J connectivity index is 1.46. The van der Waals surface area contributed by atoms with Crippen molar-refractivity contribution < 1.29 is 28.9 Å². The lowest BCUT2D eigenvalue weighted by molar-refractivity contribution is 0.0689. The van der Waals surface area contributed by atoms with E-state index in [-0.39, 0.29) is 37.1 Å². The molecule has 3 rings (SSSR count). The van der Waals surface area contributed by atoms with Gasteiger partial charge in [0.25, 0.3) is 5.91 Å². The molecule has 0 radical (unpaired) electrons. The zero-order chi connectivity index (χ0) is 16.9. The Labute approximate surface area is 137 Å². The van der Waals surface area contributed by atoms with Crippen LogP contribution in [0.25, 0.3) is 0 Å². The summed E-state index contributed by atoms with van der Waals surface area (Å²) in [5, 5.41) is 11.4. The van der Waals surface area contributed by atoms with E-state index in [1.54, 1.807) is 18.2 Å². The van der Waals surface area contributed by atoms with Gasteiger partial charge in [0.1, 0.15) is 18.1 Å². The van der Waals surface area contributed by atoms with E-state index in [4.69, 9.17) is 19.3 Å². The Morgan fingerprint density at radius 1 is 1.21 bits per heavy atom. The molecule has 0 unspecified atom stereocenters. The Bertz CT molecular complexity index is 760. The number of hydrogen-bond acceptors (Lipinski definition) is 6. The van der Waals surface area contributed by atoms with Crippen molar-refractivity contribution in [2.45, 2.75) is 0 Å². The number of hydrogen-bond donors (Lipinski definition) is 2. The number of benzene rings is 1. The van der Waals surface area contributed by atoms with Crippen molar-refractivity contribution in [3.05, 3.63) is 47.8 Å². The van der Waals surface area contributed by atoms with Gasteiger partial charge in [0.2, 0.25) is 6.79 Å². The third-order valence-corrected chi connectivity index (χ3v) is 3.25. The monoisotopic (exact) mass is 330 g/mol. The molecule has 2 aromatic rings. The lowest BCUT2D eigenvalue weighted by atomic mass is 10.2. The standard InChI is InChI=1S/C16H14N2O6/c19-15(10-1-3-12(16(20)21)18-8-10)17-5-6-22-11-2-4-13-14(7-11)24-9-23-13/h1-4,7-8H,5-6,9H2,(H,17,19)(H,20,21). The second-order valence-electron chi connectivity index (χ2n) is 4.86. The fourth-order valence-electron chi connectivity index (χ4n) is 2.06. The molecular formula is C16H14N2O6. The van der Waals surface area contributed by atoms with Crippen molar-refractivity contribution in [3.63, 3.8) is 0 Å². The molecule has 1 amide bonds. The molecule has 8 heteroatoms. The topological polar surface area (TPSA) is 107 Å². The molecule has 1 aliphatic heterocycles. The van der Waals surface area contributed by atoms with Crippen LogP contribution in [0.2, 0.25) is 0 Å². The van der Waals surface area contributed by atoms with Gasteiger partial charge in [-0.3, -0.25) is 4.79 Å². The summed E-state index contributed by atoms with van der Waals surface area (Å²) in [4.78, 5) is 26.3. The Hall–Kier alpha value is -3.29. The van der Waals surface area contributed by atoms with Crippen molar-refractivity contribution in [1.29, 1.82) is 0 Å². The van der Waals surface area contributed by atoms with Crippen LogP contribution < -0.4 is 19.5 Å². The van der Waals surface area contributed by atoms with Crippen LogP contribution in [0.5, 0.6) is 17.2 Å². The molecule has 1 aliphatic rings. The number of rotatable bonds is 6. The summed E-state index contributed by atoms with van der Waals surface area (Å²) in [6.07, 6.45) is 1.22. The summed E-state index contributed by atoms with van der Waals surface area (Å²) in [7, 11) is 0. The predicted octanol–water partition coefficient (Wildman–Crippen LogP) is 1.32. The summed E-state index contributed by atoms with van der Waals surface area (Å²) in [5.74, 6) is 0.419. The van der Waals surface area contributed by atoms with E-state index < -0.39 is 5.97 Å². The zero-order valence-corrected chi connectivity index (χ0v) is 12.5. The van der Waals surface area contributed by atoms with Crippen LogP contribution in [0.15, 0.2) is 36.5 Å². The number of carboxylic acid groups (broad SMARTS) is 1. The molecule has 2 N–H and O–H groups in total. The van der Waals surface area contributed by atoms with Crippen LogP contribution in [0.4, 0.5) is 0 Å². The maximum Gasteiger partial charge on any atom is 0.354 e. The Morgan fingerprint density at radius 3 is 2.79 bits per heavy atom. The summed E-state index contributed by atoms with van der Waals surface area (Å²) >= 11 is 0. The third-order valence-electron chi connectivity index (χ3n) is 3.25. The van der Waals surface area contributed by atoms with Gasteiger partial charge in [0, 0.05) is 12.3 Å². The molecule has 0 spiro atoms. The fourth-order valence-corrected chi connectivity index (χ4v) is 2.06. The highest BCUT2D eigenvalue weighted by Crippen LogP contribution is 2.34. The molecule has 2 heterocycles. The fraction of sp³-hybridized carbons (Fsp3) is 0.188. The molecule has 0 fully saturated rings. The maximum absolute atomic E-state index is 11.9. The van der Waals surface area contributed by atoms with Crippen LogP contribution in [-0.2, 0) is 0 Å². The number of nitrogens with zero attached hydrogens (tertiary/aromatic N) is 1. The highest BCUT2D eigenvalue weighted by atomic mass is 16.7. The summed E-state index contributed by atoms with van der Waals surface area (Å²) in [6.45, 7) is 0.753. The number of amides is 1. The second kappa shape index (κ2) is 6.86. The van der Waals surface area contributed by atoms with E-state index in [0.717, 1.165) is 0 Å². The van der Waals surface area contributed by atoms with Gasteiger partial charge in [-0.2, -0.15) is 0 Å². The quantitative estimate of drug-likeness (QED) is 0.769. The maximum atomic E-state index is 11.9. The molecule has 0 atom stereocenters. The van der Waals surface area contributed by atoms with Crippen molar-refractivity contribution >= 4 is 11.9 Å². The average molecular weight is 330 g/mol. The lowest BCUT2D eigenvalue weighted by Gasteiger charge is -2.08. The summed E-state index contributed by atoms with van der Waals surface area (Å²) < 4.78 is 16.0. The third kappa shape index (κ3) is 3.54. The molecule has 0 saturated heterocycles. The smallest absolute Gasteiger partial charge is 0.354 e. The Morgan fingerprint density at radius 2 is 2.04 bits per heavy atom. The van der Waals surface area contributed by atoms with Gasteiger partial charge in [-0.05, 0) is 24.3 Å². The first-order chi connectivity index (χ1) is 11.6. The molecular weight excluding hydrogens is 316 g/mol. The largest absolute Gasteiger partial charge is 0.492 e. The van der Waals surface area contributed by atoms with E-state index in [2.05, 4.69) is 10.3 Å². The van der Waals surface area contributed by atoms with Gasteiger partial charge in [-0.25, -0.2) is 9.78 Å². The molecule has 124 valence electrons. The number of nitrogens with one attached hydrogen (secondary N) is 1. The van der Waals surface area contributed by atoms with E-state index >= 15 is 0 Å². The van der Waals surface area contributed by atoms with Crippen molar-refractivity contribution in [3.8, 4) is 17.2 Å². The normalized spacial score (nSPS) is 11.8. The van der Waals surface area contributed by atoms with Crippen molar-refractivity contribution in [2.24, 2.45) is 0 Å². The number of fused-ring (bicyclic) bond motifs is 1. The van der Waals surface area contributed by atoms with E-state index in [1.165, 1.54) is 18.3 Å². The number of pyridine rings is 1. The first-order valence-corrected chi connectivity index (χ1v) is 7.13. The van der Waals surface area contributed by atoms with Crippen LogP contribution in [-0.4, -0.2) is 41.9 Å². The second-order valence-corrected chi connectivity index (χ2v) is 4.86. The average Bonchev–Trinajstić information content (AvgIpc) is 3.06. The van der Waals surface area contributed by atoms with Gasteiger partial charge in [-0.15, -0.1) is 0 Å². The number of carboxylic acids is 1. The molecule has 1 aromatic carbocycles. The van der Waals surface area contributed by atoms with Gasteiger partial charge >= 0.3 is 5.97 Å². The predicted molar refractivity (Wildman–Crippen MR) is 81.6 cm³/mol. The van der Waals surface area contributed by atoms with Gasteiger partial charge in [0.05, 0.1) is 12.1 Å². The number of carbonyl (C=O) groups is 2. The molecule has 8 nitrogen and oxygen atoms in total. The highest BCUT2D eigenvalue weighted by molar-refractivity contribution is 5.94. The summed E-state index contributed by atoms with van der Waals surface area (Å²) in [6, 6.07) is 7.92.